The van der Waals surface area contributed by atoms with Crippen LogP contribution in [-0.2, 0) is 21.2 Å². The lowest BCUT2D eigenvalue weighted by atomic mass is 9.98. The summed E-state index contributed by atoms with van der Waals surface area (Å²) < 4.78 is 40.0. The zero-order valence-corrected chi connectivity index (χ0v) is 22.7. The molecular formula is C30H31NO6S. The molecule has 4 rings (SSSR count). The number of carbonyl (C=O) groups is 1. The fourth-order valence-electron chi connectivity index (χ4n) is 4.39. The van der Waals surface area contributed by atoms with Gasteiger partial charge >= 0.3 is 11.6 Å². The van der Waals surface area contributed by atoms with E-state index in [0.29, 0.717) is 34.9 Å². The van der Waals surface area contributed by atoms with Gasteiger partial charge in [-0.2, -0.15) is 4.72 Å². The molecule has 0 saturated heterocycles. The largest absolute Gasteiger partial charge is 0.425 e. The van der Waals surface area contributed by atoms with Crippen LogP contribution in [0.5, 0.6) is 5.75 Å². The summed E-state index contributed by atoms with van der Waals surface area (Å²) in [6.45, 7) is 7.32. The smallest absolute Gasteiger partial charge is 0.340 e. The number of sulfonamides is 1. The summed E-state index contributed by atoms with van der Waals surface area (Å²) in [4.78, 5) is 26.3. The molecule has 4 aromatic rings. The summed E-state index contributed by atoms with van der Waals surface area (Å²) in [6.07, 6.45) is 1.17. The van der Waals surface area contributed by atoms with Crippen LogP contribution in [0.4, 0.5) is 0 Å². The third-order valence-electron chi connectivity index (χ3n) is 6.41. The van der Waals surface area contributed by atoms with Gasteiger partial charge in [0.2, 0.25) is 10.0 Å². The first-order valence-corrected chi connectivity index (χ1v) is 14.0. The Bertz CT molecular complexity index is 1620. The van der Waals surface area contributed by atoms with Crippen LogP contribution >= 0.6 is 0 Å². The first-order valence-electron chi connectivity index (χ1n) is 12.5. The van der Waals surface area contributed by atoms with Crippen LogP contribution in [0.25, 0.3) is 11.0 Å². The fourth-order valence-corrected chi connectivity index (χ4v) is 5.61. The Balaban J connectivity index is 1.70. The minimum atomic E-state index is -3.95. The minimum absolute atomic E-state index is 0.0705. The highest BCUT2D eigenvalue weighted by molar-refractivity contribution is 7.89. The van der Waals surface area contributed by atoms with Crippen molar-refractivity contribution in [2.45, 2.75) is 57.9 Å². The van der Waals surface area contributed by atoms with Gasteiger partial charge < -0.3 is 9.15 Å². The molecule has 0 amide bonds. The highest BCUT2D eigenvalue weighted by atomic mass is 32.2. The number of ether oxygens (including phenoxy) is 1. The Morgan fingerprint density at radius 3 is 2.32 bits per heavy atom. The molecule has 0 fully saturated rings. The van der Waals surface area contributed by atoms with Crippen LogP contribution in [0.1, 0.15) is 47.6 Å². The molecule has 198 valence electrons. The second-order valence-corrected chi connectivity index (χ2v) is 11.2. The number of benzene rings is 3. The highest BCUT2D eigenvalue weighted by Crippen LogP contribution is 2.32. The number of nitrogens with one attached hydrogen (secondary N) is 1. The average molecular weight is 534 g/mol. The van der Waals surface area contributed by atoms with Crippen LogP contribution in [0.3, 0.4) is 0 Å². The van der Waals surface area contributed by atoms with E-state index in [-0.39, 0.29) is 17.1 Å². The molecule has 38 heavy (non-hydrogen) atoms. The van der Waals surface area contributed by atoms with Gasteiger partial charge in [0.05, 0.1) is 10.3 Å². The van der Waals surface area contributed by atoms with Gasteiger partial charge in [-0.3, -0.25) is 0 Å². The van der Waals surface area contributed by atoms with Crippen molar-refractivity contribution >= 4 is 27.0 Å². The van der Waals surface area contributed by atoms with Crippen LogP contribution in [0.15, 0.2) is 80.8 Å². The van der Waals surface area contributed by atoms with E-state index in [1.807, 2.05) is 44.2 Å². The van der Waals surface area contributed by atoms with Crippen molar-refractivity contribution < 1.29 is 22.4 Å². The predicted molar refractivity (Wildman–Crippen MR) is 147 cm³/mol. The maximum atomic E-state index is 13.3. The predicted octanol–water partition coefficient (Wildman–Crippen LogP) is 5.36. The maximum absolute atomic E-state index is 13.3. The molecule has 1 atom stereocenters. The van der Waals surface area contributed by atoms with Gasteiger partial charge in [0.15, 0.2) is 0 Å². The van der Waals surface area contributed by atoms with Crippen LogP contribution in [-0.4, -0.2) is 20.4 Å². The van der Waals surface area contributed by atoms with Gasteiger partial charge in [0, 0.05) is 12.0 Å². The fraction of sp³-hybridized carbons (Fsp3) is 0.267. The van der Waals surface area contributed by atoms with E-state index in [1.165, 1.54) is 12.1 Å². The molecule has 0 radical (unpaired) electrons. The van der Waals surface area contributed by atoms with Crippen molar-refractivity contribution in [1.29, 1.82) is 0 Å². The summed E-state index contributed by atoms with van der Waals surface area (Å²) >= 11 is 0. The third kappa shape index (κ3) is 6.03. The summed E-state index contributed by atoms with van der Waals surface area (Å²) in [5, 5.41) is 0.506. The van der Waals surface area contributed by atoms with Gasteiger partial charge in [-0.15, -0.1) is 0 Å². The summed E-state index contributed by atoms with van der Waals surface area (Å²) in [5.74, 6) is -0.513. The van der Waals surface area contributed by atoms with E-state index >= 15 is 0 Å². The third-order valence-corrected chi connectivity index (χ3v) is 7.90. The molecular weight excluding hydrogens is 502 g/mol. The number of hydrogen-bond acceptors (Lipinski definition) is 6. The molecule has 1 N–H and O–H groups in total. The number of hydrogen-bond donors (Lipinski definition) is 1. The van der Waals surface area contributed by atoms with Crippen LogP contribution < -0.4 is 15.1 Å². The molecule has 1 heterocycles. The number of rotatable bonds is 9. The Morgan fingerprint density at radius 2 is 1.66 bits per heavy atom. The van der Waals surface area contributed by atoms with Gasteiger partial charge in [-0.25, -0.2) is 18.0 Å². The van der Waals surface area contributed by atoms with Crippen molar-refractivity contribution in [1.82, 2.24) is 4.72 Å². The van der Waals surface area contributed by atoms with Crippen molar-refractivity contribution in [3.63, 3.8) is 0 Å². The summed E-state index contributed by atoms with van der Waals surface area (Å²) in [5.41, 5.74) is 3.57. The first kappa shape index (κ1) is 27.3. The molecule has 0 aliphatic heterocycles. The Kier molecular flexibility index (Phi) is 8.14. The normalized spacial score (nSPS) is 12.4. The Hall–Kier alpha value is -3.75. The molecule has 0 saturated carbocycles. The average Bonchev–Trinajstić information content (AvgIpc) is 2.86. The summed E-state index contributed by atoms with van der Waals surface area (Å²) in [7, 11) is -3.95. The zero-order chi connectivity index (χ0) is 27.4. The van der Waals surface area contributed by atoms with E-state index in [0.717, 1.165) is 16.7 Å². The van der Waals surface area contributed by atoms with Gasteiger partial charge in [0.1, 0.15) is 17.4 Å². The highest BCUT2D eigenvalue weighted by Gasteiger charge is 2.28. The molecule has 0 spiro atoms. The Labute approximate surface area is 222 Å². The SMILES string of the molecule is CCC[C@@H](NS(=O)(=O)c1ccc(C)cc1)C(=O)Oc1cc(C)cc2oc(=O)c(Cc3ccccc3)c(C)c12. The maximum Gasteiger partial charge on any atom is 0.340 e. The lowest BCUT2D eigenvalue weighted by Crippen LogP contribution is -2.42. The summed E-state index contributed by atoms with van der Waals surface area (Å²) in [6, 6.07) is 18.3. The van der Waals surface area contributed by atoms with Gasteiger partial charge in [-0.1, -0.05) is 61.4 Å². The lowest BCUT2D eigenvalue weighted by Gasteiger charge is -2.19. The molecule has 0 unspecified atom stereocenters. The second-order valence-electron chi connectivity index (χ2n) is 9.49. The van der Waals surface area contributed by atoms with E-state index in [4.69, 9.17) is 9.15 Å². The molecule has 0 aliphatic carbocycles. The second kappa shape index (κ2) is 11.3. The minimum Gasteiger partial charge on any atom is -0.425 e. The standard InChI is InChI=1S/C30H31NO6S/c1-5-9-25(31-38(34,35)23-14-12-19(2)13-15-23)30(33)37-27-17-20(3)16-26-28(27)21(4)24(29(32)36-26)18-22-10-7-6-8-11-22/h6-8,10-17,25,31H,5,9,18H2,1-4H3/t25-/m1/s1. The monoisotopic (exact) mass is 533 g/mol. The number of aryl methyl sites for hydroxylation is 3. The van der Waals surface area contributed by atoms with Crippen LogP contribution in [0, 0.1) is 20.8 Å². The quantitative estimate of drug-likeness (QED) is 0.176. The molecule has 1 aromatic heterocycles. The van der Waals surface area contributed by atoms with Crippen molar-refractivity contribution in [2.24, 2.45) is 0 Å². The molecule has 3 aromatic carbocycles. The number of fused-ring (bicyclic) bond motifs is 1. The van der Waals surface area contributed by atoms with E-state index in [9.17, 15) is 18.0 Å². The number of carbonyl (C=O) groups excluding carboxylic acids is 1. The molecule has 0 bridgehead atoms. The van der Waals surface area contributed by atoms with Crippen LogP contribution in [0.2, 0.25) is 0 Å². The van der Waals surface area contributed by atoms with Crippen molar-refractivity contribution in [3.05, 3.63) is 105 Å². The molecule has 7 nitrogen and oxygen atoms in total. The van der Waals surface area contributed by atoms with Crippen molar-refractivity contribution in [2.75, 3.05) is 0 Å². The van der Waals surface area contributed by atoms with Gasteiger partial charge in [-0.05, 0) is 68.1 Å². The molecule has 8 heteroatoms. The topological polar surface area (TPSA) is 103 Å². The van der Waals surface area contributed by atoms with Gasteiger partial charge in [0.25, 0.3) is 0 Å². The van der Waals surface area contributed by atoms with Crippen molar-refractivity contribution in [3.8, 4) is 5.75 Å². The molecule has 0 aliphatic rings. The first-order chi connectivity index (χ1) is 18.1. The Morgan fingerprint density at radius 1 is 0.974 bits per heavy atom. The van der Waals surface area contributed by atoms with E-state index in [2.05, 4.69) is 4.72 Å². The lowest BCUT2D eigenvalue weighted by molar-refractivity contribution is -0.136. The zero-order valence-electron chi connectivity index (χ0n) is 21.9. The number of esters is 1. The van der Waals surface area contributed by atoms with E-state index in [1.54, 1.807) is 38.1 Å². The van der Waals surface area contributed by atoms with E-state index < -0.39 is 27.7 Å².